The van der Waals surface area contributed by atoms with Gasteiger partial charge in [-0.2, -0.15) is 0 Å². The Morgan fingerprint density at radius 1 is 1.15 bits per heavy atom. The molecule has 1 heterocycles. The summed E-state index contributed by atoms with van der Waals surface area (Å²) in [6.07, 6.45) is 0.620. The molecule has 1 aliphatic rings. The van der Waals surface area contributed by atoms with Crippen molar-refractivity contribution in [3.63, 3.8) is 0 Å². The Hall–Kier alpha value is -2.20. The first kappa shape index (κ1) is 25.4. The molecule has 178 valence electrons. The Kier molecular flexibility index (Phi) is 8.33. The number of amides is 1. The minimum absolute atomic E-state index is 0.0560. The molecule has 2 aromatic carbocycles. The molecule has 0 unspecified atom stereocenters. The number of rotatable bonds is 7. The Morgan fingerprint density at radius 3 is 2.45 bits per heavy atom. The maximum Gasteiger partial charge on any atom is 0.339 e. The zero-order valence-corrected chi connectivity index (χ0v) is 20.1. The fraction of sp³-hybridized carbons (Fsp3) is 0.364. The lowest BCUT2D eigenvalue weighted by atomic mass is 9.97. The number of nitrogens with one attached hydrogen (secondary N) is 1. The first-order valence-corrected chi connectivity index (χ1v) is 12.7. The molecule has 0 radical (unpaired) electrons. The highest BCUT2D eigenvalue weighted by atomic mass is 35.5. The maximum atomic E-state index is 14.0. The molecule has 0 spiro atoms. The SMILES string of the molecule is CCOC(=O)c1ccc(NC(=O)C2CCN(S(=O)(=O)Cc3c(F)cccc3Cl)CC2)cc1Cl. The van der Waals surface area contributed by atoms with Gasteiger partial charge >= 0.3 is 5.97 Å². The molecule has 0 bridgehead atoms. The monoisotopic (exact) mass is 516 g/mol. The average Bonchev–Trinajstić information content (AvgIpc) is 2.77. The number of hydrogen-bond donors (Lipinski definition) is 1. The fourth-order valence-corrected chi connectivity index (χ4v) is 5.73. The Labute approximate surface area is 201 Å². The van der Waals surface area contributed by atoms with Crippen LogP contribution >= 0.6 is 23.2 Å². The van der Waals surface area contributed by atoms with E-state index in [1.165, 1.54) is 34.6 Å². The van der Waals surface area contributed by atoms with Gasteiger partial charge in [-0.25, -0.2) is 21.9 Å². The number of carbonyl (C=O) groups is 2. The van der Waals surface area contributed by atoms with E-state index in [2.05, 4.69) is 5.32 Å². The highest BCUT2D eigenvalue weighted by molar-refractivity contribution is 7.88. The van der Waals surface area contributed by atoms with E-state index in [9.17, 15) is 22.4 Å². The number of esters is 1. The average molecular weight is 517 g/mol. The van der Waals surface area contributed by atoms with E-state index in [1.54, 1.807) is 13.0 Å². The summed E-state index contributed by atoms with van der Waals surface area (Å²) >= 11 is 12.1. The van der Waals surface area contributed by atoms with E-state index in [0.29, 0.717) is 18.5 Å². The van der Waals surface area contributed by atoms with Crippen molar-refractivity contribution in [1.29, 1.82) is 0 Å². The van der Waals surface area contributed by atoms with Gasteiger partial charge in [-0.1, -0.05) is 29.3 Å². The number of nitrogens with zero attached hydrogens (tertiary/aromatic N) is 1. The summed E-state index contributed by atoms with van der Waals surface area (Å²) in [5, 5.41) is 2.96. The van der Waals surface area contributed by atoms with Crippen molar-refractivity contribution < 1.29 is 27.1 Å². The smallest absolute Gasteiger partial charge is 0.339 e. The molecule has 3 rings (SSSR count). The first-order chi connectivity index (χ1) is 15.6. The topological polar surface area (TPSA) is 92.8 Å². The van der Waals surface area contributed by atoms with Crippen LogP contribution in [0.25, 0.3) is 0 Å². The van der Waals surface area contributed by atoms with E-state index >= 15 is 0 Å². The number of carbonyl (C=O) groups excluding carboxylic acids is 2. The van der Waals surface area contributed by atoms with E-state index in [-0.39, 0.29) is 46.8 Å². The molecule has 1 N–H and O–H groups in total. The zero-order valence-electron chi connectivity index (χ0n) is 17.8. The van der Waals surface area contributed by atoms with E-state index in [0.717, 1.165) is 0 Å². The van der Waals surface area contributed by atoms with Gasteiger partial charge in [0, 0.05) is 35.3 Å². The highest BCUT2D eigenvalue weighted by Crippen LogP contribution is 2.27. The molecule has 0 saturated carbocycles. The van der Waals surface area contributed by atoms with Crippen molar-refractivity contribution in [1.82, 2.24) is 4.31 Å². The van der Waals surface area contributed by atoms with Crippen molar-refractivity contribution in [2.45, 2.75) is 25.5 Å². The van der Waals surface area contributed by atoms with Crippen molar-refractivity contribution in [2.75, 3.05) is 25.0 Å². The Bertz CT molecular complexity index is 1130. The number of anilines is 1. The van der Waals surface area contributed by atoms with Crippen LogP contribution in [0.4, 0.5) is 10.1 Å². The number of benzene rings is 2. The first-order valence-electron chi connectivity index (χ1n) is 10.3. The van der Waals surface area contributed by atoms with E-state index in [1.807, 2.05) is 0 Å². The third kappa shape index (κ3) is 6.23. The molecule has 33 heavy (non-hydrogen) atoms. The standard InChI is InChI=1S/C22H23Cl2FN2O5S/c1-2-32-22(29)16-7-6-15(12-19(16)24)26-21(28)14-8-10-27(11-9-14)33(30,31)13-17-18(23)4-3-5-20(17)25/h3-7,12,14H,2,8-11,13H2,1H3,(H,26,28). The lowest BCUT2D eigenvalue weighted by Crippen LogP contribution is -2.42. The van der Waals surface area contributed by atoms with E-state index < -0.39 is 33.5 Å². The molecule has 0 aliphatic carbocycles. The predicted molar refractivity (Wildman–Crippen MR) is 124 cm³/mol. The van der Waals surface area contributed by atoms with Gasteiger partial charge in [0.2, 0.25) is 15.9 Å². The molecular formula is C22H23Cl2FN2O5S. The Balaban J connectivity index is 1.59. The van der Waals surface area contributed by atoms with Crippen LogP contribution in [0, 0.1) is 11.7 Å². The van der Waals surface area contributed by atoms with E-state index in [4.69, 9.17) is 27.9 Å². The van der Waals surface area contributed by atoms with Gasteiger partial charge in [-0.05, 0) is 50.1 Å². The van der Waals surface area contributed by atoms with Gasteiger partial charge in [0.1, 0.15) is 5.82 Å². The van der Waals surface area contributed by atoms with Gasteiger partial charge in [0.15, 0.2) is 0 Å². The quantitative estimate of drug-likeness (QED) is 0.547. The number of hydrogen-bond acceptors (Lipinski definition) is 5. The van der Waals surface area contributed by atoms with Gasteiger partial charge in [-0.3, -0.25) is 4.79 Å². The van der Waals surface area contributed by atoms with Crippen molar-refractivity contribution in [3.05, 3.63) is 63.4 Å². The third-order valence-corrected chi connectivity index (χ3v) is 7.81. The molecule has 1 fully saturated rings. The van der Waals surface area contributed by atoms with Crippen LogP contribution in [0.15, 0.2) is 36.4 Å². The Morgan fingerprint density at radius 2 is 1.85 bits per heavy atom. The maximum absolute atomic E-state index is 14.0. The predicted octanol–water partition coefficient (Wildman–Crippen LogP) is 4.49. The molecule has 11 heteroatoms. The molecule has 1 saturated heterocycles. The second-order valence-electron chi connectivity index (χ2n) is 7.53. The van der Waals surface area contributed by atoms with Gasteiger partial charge in [-0.15, -0.1) is 0 Å². The van der Waals surface area contributed by atoms with Crippen molar-refractivity contribution >= 4 is 50.8 Å². The second-order valence-corrected chi connectivity index (χ2v) is 10.3. The van der Waals surface area contributed by atoms with Crippen LogP contribution in [0.3, 0.4) is 0 Å². The van der Waals surface area contributed by atoms with Crippen LogP contribution in [0.1, 0.15) is 35.7 Å². The van der Waals surface area contributed by atoms with Gasteiger partial charge in [0.25, 0.3) is 0 Å². The summed E-state index contributed by atoms with van der Waals surface area (Å²) in [6.45, 7) is 2.17. The van der Waals surface area contributed by atoms with Crippen molar-refractivity contribution in [3.8, 4) is 0 Å². The minimum Gasteiger partial charge on any atom is -0.462 e. The molecule has 1 amide bonds. The number of piperidine rings is 1. The zero-order chi connectivity index (χ0) is 24.2. The lowest BCUT2D eigenvalue weighted by molar-refractivity contribution is -0.120. The fourth-order valence-electron chi connectivity index (χ4n) is 3.55. The largest absolute Gasteiger partial charge is 0.462 e. The number of sulfonamides is 1. The second kappa shape index (κ2) is 10.8. The third-order valence-electron chi connectivity index (χ3n) is 5.34. The normalized spacial score (nSPS) is 15.3. The molecule has 0 aromatic heterocycles. The minimum atomic E-state index is -3.80. The van der Waals surface area contributed by atoms with Crippen LogP contribution in [-0.4, -0.2) is 44.3 Å². The lowest BCUT2D eigenvalue weighted by Gasteiger charge is -2.30. The van der Waals surface area contributed by atoms with Crippen LogP contribution in [-0.2, 0) is 25.3 Å². The molecule has 0 atom stereocenters. The number of ether oxygens (including phenoxy) is 1. The number of halogens is 3. The van der Waals surface area contributed by atoms with Crippen LogP contribution < -0.4 is 5.32 Å². The summed E-state index contributed by atoms with van der Waals surface area (Å²) in [7, 11) is -3.80. The summed E-state index contributed by atoms with van der Waals surface area (Å²) in [6, 6.07) is 8.50. The highest BCUT2D eigenvalue weighted by Gasteiger charge is 2.32. The molecular weight excluding hydrogens is 494 g/mol. The molecule has 2 aromatic rings. The molecule has 1 aliphatic heterocycles. The van der Waals surface area contributed by atoms with Crippen LogP contribution in [0.5, 0.6) is 0 Å². The summed E-state index contributed by atoms with van der Waals surface area (Å²) in [5.74, 6) is -2.44. The summed E-state index contributed by atoms with van der Waals surface area (Å²) in [5.41, 5.74) is 0.550. The summed E-state index contributed by atoms with van der Waals surface area (Å²) < 4.78 is 45.7. The van der Waals surface area contributed by atoms with Crippen LogP contribution in [0.2, 0.25) is 10.0 Å². The van der Waals surface area contributed by atoms with Gasteiger partial charge in [0.05, 0.1) is 22.9 Å². The van der Waals surface area contributed by atoms with Gasteiger partial charge < -0.3 is 10.1 Å². The molecule has 7 nitrogen and oxygen atoms in total. The summed E-state index contributed by atoms with van der Waals surface area (Å²) in [4.78, 5) is 24.5. The van der Waals surface area contributed by atoms with Crippen molar-refractivity contribution in [2.24, 2.45) is 5.92 Å².